The van der Waals surface area contributed by atoms with E-state index in [0.29, 0.717) is 5.75 Å². The van der Waals surface area contributed by atoms with Crippen LogP contribution in [0.3, 0.4) is 0 Å². The van der Waals surface area contributed by atoms with Crippen LogP contribution in [0.4, 0.5) is 18.9 Å². The zero-order valence-electron chi connectivity index (χ0n) is 11.2. The number of ether oxygens (including phenoxy) is 1. The van der Waals surface area contributed by atoms with Gasteiger partial charge >= 0.3 is 6.18 Å². The molecule has 0 unspecified atom stereocenters. The van der Waals surface area contributed by atoms with Crippen molar-refractivity contribution in [3.05, 3.63) is 24.3 Å². The predicted molar refractivity (Wildman–Crippen MR) is 72.0 cm³/mol. The number of nitrogens with two attached hydrogens (primary N) is 1. The molecule has 0 atom stereocenters. The first-order chi connectivity index (χ1) is 9.44. The lowest BCUT2D eigenvalue weighted by atomic mass is 10.1. The van der Waals surface area contributed by atoms with Gasteiger partial charge in [-0.3, -0.25) is 0 Å². The van der Waals surface area contributed by atoms with Crippen molar-refractivity contribution in [2.24, 2.45) is 5.73 Å². The quantitative estimate of drug-likeness (QED) is 0.925. The highest BCUT2D eigenvalue weighted by molar-refractivity contribution is 5.49. The van der Waals surface area contributed by atoms with Crippen LogP contribution < -0.4 is 15.4 Å². The van der Waals surface area contributed by atoms with Crippen molar-refractivity contribution in [3.63, 3.8) is 0 Å². The molecule has 0 bridgehead atoms. The van der Waals surface area contributed by atoms with E-state index in [1.165, 1.54) is 0 Å². The topological polar surface area (TPSA) is 38.5 Å². The first-order valence-electron chi connectivity index (χ1n) is 6.74. The van der Waals surface area contributed by atoms with Crippen LogP contribution in [0.25, 0.3) is 0 Å². The van der Waals surface area contributed by atoms with Crippen LogP contribution >= 0.6 is 0 Å². The van der Waals surface area contributed by atoms with E-state index in [-0.39, 0.29) is 12.6 Å². The number of halogens is 3. The molecule has 1 aliphatic heterocycles. The minimum Gasteiger partial charge on any atom is -0.493 e. The van der Waals surface area contributed by atoms with Gasteiger partial charge in [-0.25, -0.2) is 0 Å². The Morgan fingerprint density at radius 1 is 1.15 bits per heavy atom. The van der Waals surface area contributed by atoms with Crippen molar-refractivity contribution in [2.75, 3.05) is 24.6 Å². The molecule has 20 heavy (non-hydrogen) atoms. The van der Waals surface area contributed by atoms with E-state index in [1.54, 1.807) is 12.1 Å². The minimum absolute atomic E-state index is 0.274. The van der Waals surface area contributed by atoms with Crippen LogP contribution in [0, 0.1) is 0 Å². The van der Waals surface area contributed by atoms with Crippen molar-refractivity contribution in [1.82, 2.24) is 0 Å². The highest BCUT2D eigenvalue weighted by Crippen LogP contribution is 2.24. The maximum Gasteiger partial charge on any atom is 0.392 e. The first-order valence-corrected chi connectivity index (χ1v) is 6.74. The summed E-state index contributed by atoms with van der Waals surface area (Å²) in [6.07, 6.45) is -3.18. The minimum atomic E-state index is -4.17. The number of hydrogen-bond donors (Lipinski definition) is 1. The largest absolute Gasteiger partial charge is 0.493 e. The highest BCUT2D eigenvalue weighted by atomic mass is 19.4. The molecule has 1 aromatic rings. The van der Waals surface area contributed by atoms with Gasteiger partial charge in [-0.15, -0.1) is 0 Å². The van der Waals surface area contributed by atoms with Gasteiger partial charge in [0.05, 0.1) is 13.0 Å². The third kappa shape index (κ3) is 4.59. The standard InChI is InChI=1S/C14H19F3N2O/c15-14(16,17)7-10-20-13-3-1-12(2-4-13)19-8-5-11(18)6-9-19/h1-4,11H,5-10,18H2. The monoisotopic (exact) mass is 288 g/mol. The summed E-state index contributed by atoms with van der Waals surface area (Å²) < 4.78 is 41.1. The summed E-state index contributed by atoms with van der Waals surface area (Å²) in [5, 5.41) is 0. The van der Waals surface area contributed by atoms with Crippen LogP contribution in [0.5, 0.6) is 5.75 Å². The third-order valence-electron chi connectivity index (χ3n) is 3.40. The number of hydrogen-bond acceptors (Lipinski definition) is 3. The SMILES string of the molecule is NC1CCN(c2ccc(OCCC(F)(F)F)cc2)CC1. The fraction of sp³-hybridized carbons (Fsp3) is 0.571. The second-order valence-electron chi connectivity index (χ2n) is 5.03. The lowest BCUT2D eigenvalue weighted by Crippen LogP contribution is -2.39. The summed E-state index contributed by atoms with van der Waals surface area (Å²) >= 11 is 0. The Morgan fingerprint density at radius 3 is 2.30 bits per heavy atom. The molecular weight excluding hydrogens is 269 g/mol. The maximum atomic E-state index is 12.0. The van der Waals surface area contributed by atoms with E-state index in [9.17, 15) is 13.2 Å². The van der Waals surface area contributed by atoms with Crippen LogP contribution in [-0.2, 0) is 0 Å². The molecule has 1 fully saturated rings. The molecule has 1 aliphatic rings. The molecule has 0 saturated carbocycles. The van der Waals surface area contributed by atoms with Gasteiger partial charge in [-0.05, 0) is 37.1 Å². The van der Waals surface area contributed by atoms with Crippen molar-refractivity contribution >= 4 is 5.69 Å². The Bertz CT molecular complexity index is 411. The normalized spacial score (nSPS) is 17.3. The summed E-state index contributed by atoms with van der Waals surface area (Å²) in [6, 6.07) is 7.44. The van der Waals surface area contributed by atoms with E-state index >= 15 is 0 Å². The lowest BCUT2D eigenvalue weighted by Gasteiger charge is -2.32. The summed E-state index contributed by atoms with van der Waals surface area (Å²) in [6.45, 7) is 1.48. The van der Waals surface area contributed by atoms with Gasteiger partial charge in [0, 0.05) is 24.8 Å². The molecule has 0 spiro atoms. The smallest absolute Gasteiger partial charge is 0.392 e. The molecule has 0 radical (unpaired) electrons. The predicted octanol–water partition coefficient (Wildman–Crippen LogP) is 2.95. The van der Waals surface area contributed by atoms with Crippen LogP contribution in [-0.4, -0.2) is 31.9 Å². The van der Waals surface area contributed by atoms with Gasteiger partial charge in [-0.1, -0.05) is 0 Å². The van der Waals surface area contributed by atoms with Crippen LogP contribution in [0.1, 0.15) is 19.3 Å². The number of piperidine rings is 1. The van der Waals surface area contributed by atoms with E-state index in [2.05, 4.69) is 4.90 Å². The fourth-order valence-electron chi connectivity index (χ4n) is 2.20. The summed E-state index contributed by atoms with van der Waals surface area (Å²) in [7, 11) is 0. The number of alkyl halides is 3. The summed E-state index contributed by atoms with van der Waals surface area (Å²) in [5.41, 5.74) is 6.91. The number of rotatable bonds is 4. The summed E-state index contributed by atoms with van der Waals surface area (Å²) in [4.78, 5) is 2.23. The van der Waals surface area contributed by atoms with E-state index in [0.717, 1.165) is 31.6 Å². The second kappa shape index (κ2) is 6.35. The van der Waals surface area contributed by atoms with Gasteiger partial charge in [0.25, 0.3) is 0 Å². The molecule has 3 nitrogen and oxygen atoms in total. The molecule has 112 valence electrons. The molecule has 0 amide bonds. The van der Waals surface area contributed by atoms with Gasteiger partial charge in [0.1, 0.15) is 5.75 Å². The molecule has 2 rings (SSSR count). The Balaban J connectivity index is 1.83. The first kappa shape index (κ1) is 15.0. The number of anilines is 1. The highest BCUT2D eigenvalue weighted by Gasteiger charge is 2.26. The molecule has 1 aromatic carbocycles. The zero-order chi connectivity index (χ0) is 14.6. The van der Waals surface area contributed by atoms with E-state index in [4.69, 9.17) is 10.5 Å². The Morgan fingerprint density at radius 2 is 1.75 bits per heavy atom. The molecule has 0 aromatic heterocycles. The van der Waals surface area contributed by atoms with Crippen LogP contribution in [0.2, 0.25) is 0 Å². The van der Waals surface area contributed by atoms with Crippen LogP contribution in [0.15, 0.2) is 24.3 Å². The molecule has 1 saturated heterocycles. The van der Waals surface area contributed by atoms with Crippen molar-refractivity contribution in [1.29, 1.82) is 0 Å². The van der Waals surface area contributed by atoms with Gasteiger partial charge < -0.3 is 15.4 Å². The number of benzene rings is 1. The van der Waals surface area contributed by atoms with Gasteiger partial charge in [0.2, 0.25) is 0 Å². The molecule has 0 aliphatic carbocycles. The van der Waals surface area contributed by atoms with Gasteiger partial charge in [0.15, 0.2) is 0 Å². The Kier molecular flexibility index (Phi) is 4.75. The van der Waals surface area contributed by atoms with Crippen molar-refractivity contribution in [2.45, 2.75) is 31.5 Å². The third-order valence-corrected chi connectivity index (χ3v) is 3.40. The van der Waals surface area contributed by atoms with Crippen molar-refractivity contribution < 1.29 is 17.9 Å². The average Bonchev–Trinajstić information content (AvgIpc) is 2.39. The van der Waals surface area contributed by atoms with E-state index in [1.807, 2.05) is 12.1 Å². The Hall–Kier alpha value is -1.43. The fourth-order valence-corrected chi connectivity index (χ4v) is 2.20. The molecular formula is C14H19F3N2O. The zero-order valence-corrected chi connectivity index (χ0v) is 11.2. The summed E-state index contributed by atoms with van der Waals surface area (Å²) in [5.74, 6) is 0.465. The number of nitrogens with zero attached hydrogens (tertiary/aromatic N) is 1. The van der Waals surface area contributed by atoms with Crippen molar-refractivity contribution in [3.8, 4) is 5.75 Å². The van der Waals surface area contributed by atoms with E-state index < -0.39 is 12.6 Å². The van der Waals surface area contributed by atoms with Gasteiger partial charge in [-0.2, -0.15) is 13.2 Å². The molecule has 1 heterocycles. The lowest BCUT2D eigenvalue weighted by molar-refractivity contribution is -0.139. The molecule has 6 heteroatoms. The Labute approximate surface area is 116 Å². The molecule has 2 N–H and O–H groups in total. The maximum absolute atomic E-state index is 12.0. The average molecular weight is 288 g/mol. The second-order valence-corrected chi connectivity index (χ2v) is 5.03.